The average molecular weight is 378 g/mol. The predicted octanol–water partition coefficient (Wildman–Crippen LogP) is 4.31. The fraction of sp³-hybridized carbons (Fsp3) is 0.304. The number of carbonyl (C=O) groups is 1. The van der Waals surface area contributed by atoms with E-state index in [0.717, 1.165) is 35.2 Å². The van der Waals surface area contributed by atoms with Gasteiger partial charge in [-0.05, 0) is 49.1 Å². The van der Waals surface area contributed by atoms with Crippen molar-refractivity contribution in [3.63, 3.8) is 0 Å². The third-order valence-corrected chi connectivity index (χ3v) is 4.95. The molecule has 0 saturated heterocycles. The molecule has 1 aromatic heterocycles. The summed E-state index contributed by atoms with van der Waals surface area (Å²) in [5.74, 6) is 0.231. The number of benzene rings is 2. The van der Waals surface area contributed by atoms with Crippen LogP contribution in [0.2, 0.25) is 0 Å². The lowest BCUT2D eigenvalue weighted by Gasteiger charge is -2.15. The molecule has 1 heterocycles. The largest absolute Gasteiger partial charge is 0.494 e. The molecular formula is C23H26N2O3. The molecule has 0 aliphatic rings. The molecule has 3 aromatic rings. The van der Waals surface area contributed by atoms with Gasteiger partial charge in [-0.3, -0.25) is 9.59 Å². The molecule has 0 radical (unpaired) electrons. The van der Waals surface area contributed by atoms with Gasteiger partial charge in [0.15, 0.2) is 0 Å². The standard InChI is InChI=1S/C23H26N2O3/c1-5-15-9-8-10-16(6-2)21(15)24-23(27)19-14-25(4)20-12-11-17(28-7-3)13-18(20)22(19)26/h8-14H,5-7H2,1-4H3,(H,24,27). The molecule has 0 unspecified atom stereocenters. The van der Waals surface area contributed by atoms with E-state index in [1.807, 2.05) is 44.3 Å². The van der Waals surface area contributed by atoms with E-state index < -0.39 is 0 Å². The second kappa shape index (κ2) is 8.30. The molecule has 146 valence electrons. The number of amides is 1. The number of carbonyl (C=O) groups excluding carboxylic acids is 1. The van der Waals surface area contributed by atoms with Gasteiger partial charge >= 0.3 is 0 Å². The quantitative estimate of drug-likeness (QED) is 0.695. The van der Waals surface area contributed by atoms with Gasteiger partial charge in [-0.2, -0.15) is 0 Å². The van der Waals surface area contributed by atoms with Gasteiger partial charge in [-0.25, -0.2) is 0 Å². The van der Waals surface area contributed by atoms with Crippen molar-refractivity contribution in [1.29, 1.82) is 0 Å². The van der Waals surface area contributed by atoms with E-state index in [-0.39, 0.29) is 16.9 Å². The number of hydrogen-bond acceptors (Lipinski definition) is 3. The van der Waals surface area contributed by atoms with Gasteiger partial charge in [-0.1, -0.05) is 32.0 Å². The maximum absolute atomic E-state index is 13.0. The Morgan fingerprint density at radius 2 is 1.75 bits per heavy atom. The number of para-hydroxylation sites is 1. The maximum Gasteiger partial charge on any atom is 0.261 e. The van der Waals surface area contributed by atoms with Crippen LogP contribution in [-0.2, 0) is 19.9 Å². The van der Waals surface area contributed by atoms with E-state index >= 15 is 0 Å². The summed E-state index contributed by atoms with van der Waals surface area (Å²) in [5.41, 5.74) is 3.51. The zero-order chi connectivity index (χ0) is 20.3. The van der Waals surface area contributed by atoms with Crippen LogP contribution in [0.25, 0.3) is 10.9 Å². The number of anilines is 1. The number of aryl methyl sites for hydroxylation is 3. The second-order valence-electron chi connectivity index (χ2n) is 6.71. The Morgan fingerprint density at radius 3 is 2.36 bits per heavy atom. The van der Waals surface area contributed by atoms with Crippen LogP contribution >= 0.6 is 0 Å². The van der Waals surface area contributed by atoms with Crippen molar-refractivity contribution in [3.05, 3.63) is 69.5 Å². The van der Waals surface area contributed by atoms with E-state index in [2.05, 4.69) is 19.2 Å². The third kappa shape index (κ3) is 3.65. The highest BCUT2D eigenvalue weighted by atomic mass is 16.5. The van der Waals surface area contributed by atoms with Crippen LogP contribution in [0.4, 0.5) is 5.69 Å². The summed E-state index contributed by atoms with van der Waals surface area (Å²) >= 11 is 0. The highest BCUT2D eigenvalue weighted by Gasteiger charge is 2.17. The van der Waals surface area contributed by atoms with E-state index in [1.54, 1.807) is 16.8 Å². The first-order valence-electron chi connectivity index (χ1n) is 9.68. The lowest BCUT2D eigenvalue weighted by atomic mass is 10.0. The molecule has 1 N–H and O–H groups in total. The number of ether oxygens (including phenoxy) is 1. The lowest BCUT2D eigenvalue weighted by Crippen LogP contribution is -2.24. The van der Waals surface area contributed by atoms with Crippen LogP contribution in [0, 0.1) is 0 Å². The maximum atomic E-state index is 13.0. The Balaban J connectivity index is 2.08. The highest BCUT2D eigenvalue weighted by Crippen LogP contribution is 2.24. The summed E-state index contributed by atoms with van der Waals surface area (Å²) < 4.78 is 7.32. The fourth-order valence-corrected chi connectivity index (χ4v) is 3.47. The zero-order valence-corrected chi connectivity index (χ0v) is 16.8. The minimum absolute atomic E-state index is 0.122. The van der Waals surface area contributed by atoms with Gasteiger partial charge in [0.05, 0.1) is 17.5 Å². The Labute approximate surface area is 165 Å². The van der Waals surface area contributed by atoms with Crippen LogP contribution in [0.3, 0.4) is 0 Å². The summed E-state index contributed by atoms with van der Waals surface area (Å²) in [7, 11) is 1.83. The van der Waals surface area contributed by atoms with Gasteiger partial charge in [0, 0.05) is 18.9 Å². The molecule has 28 heavy (non-hydrogen) atoms. The third-order valence-electron chi connectivity index (χ3n) is 4.95. The predicted molar refractivity (Wildman–Crippen MR) is 114 cm³/mol. The van der Waals surface area contributed by atoms with E-state index in [9.17, 15) is 9.59 Å². The normalized spacial score (nSPS) is 10.9. The molecule has 5 nitrogen and oxygen atoms in total. The molecule has 0 atom stereocenters. The van der Waals surface area contributed by atoms with Crippen LogP contribution in [0.1, 0.15) is 42.3 Å². The number of pyridine rings is 1. The molecule has 3 rings (SSSR count). The number of nitrogens with one attached hydrogen (secondary N) is 1. The zero-order valence-electron chi connectivity index (χ0n) is 16.8. The van der Waals surface area contributed by atoms with Gasteiger partial charge < -0.3 is 14.6 Å². The van der Waals surface area contributed by atoms with Crippen LogP contribution in [0.5, 0.6) is 5.75 Å². The van der Waals surface area contributed by atoms with Crippen LogP contribution < -0.4 is 15.5 Å². The number of rotatable bonds is 6. The highest BCUT2D eigenvalue weighted by molar-refractivity contribution is 6.06. The molecule has 0 fully saturated rings. The van der Waals surface area contributed by atoms with Crippen molar-refractivity contribution in [1.82, 2.24) is 4.57 Å². The molecular weight excluding hydrogens is 352 g/mol. The minimum atomic E-state index is -0.389. The second-order valence-corrected chi connectivity index (χ2v) is 6.71. The number of fused-ring (bicyclic) bond motifs is 1. The fourth-order valence-electron chi connectivity index (χ4n) is 3.47. The van der Waals surface area contributed by atoms with Crippen molar-refractivity contribution >= 4 is 22.5 Å². The van der Waals surface area contributed by atoms with Crippen molar-refractivity contribution < 1.29 is 9.53 Å². The molecule has 5 heteroatoms. The van der Waals surface area contributed by atoms with E-state index in [1.165, 1.54) is 0 Å². The molecule has 1 amide bonds. The first kappa shape index (κ1) is 19.7. The number of hydrogen-bond donors (Lipinski definition) is 1. The SMILES string of the molecule is CCOc1ccc2c(c1)c(=O)c(C(=O)Nc1c(CC)cccc1CC)cn2C. The van der Waals surface area contributed by atoms with Crippen molar-refractivity contribution in [2.75, 3.05) is 11.9 Å². The number of aromatic nitrogens is 1. The lowest BCUT2D eigenvalue weighted by molar-refractivity contribution is 0.102. The number of nitrogens with zero attached hydrogens (tertiary/aromatic N) is 1. The molecule has 0 aliphatic heterocycles. The Hall–Kier alpha value is -3.08. The Morgan fingerprint density at radius 1 is 1.07 bits per heavy atom. The van der Waals surface area contributed by atoms with E-state index in [0.29, 0.717) is 17.7 Å². The van der Waals surface area contributed by atoms with Crippen molar-refractivity contribution in [2.24, 2.45) is 7.05 Å². The summed E-state index contributed by atoms with van der Waals surface area (Å²) in [4.78, 5) is 26.1. The van der Waals surface area contributed by atoms with Gasteiger partial charge in [0.1, 0.15) is 11.3 Å². The summed E-state index contributed by atoms with van der Waals surface area (Å²) in [6.07, 6.45) is 3.20. The molecule has 0 bridgehead atoms. The van der Waals surface area contributed by atoms with Gasteiger partial charge in [0.2, 0.25) is 5.43 Å². The molecule has 0 aliphatic carbocycles. The minimum Gasteiger partial charge on any atom is -0.494 e. The molecule has 0 saturated carbocycles. The van der Waals surface area contributed by atoms with Gasteiger partial charge in [-0.15, -0.1) is 0 Å². The van der Waals surface area contributed by atoms with Crippen molar-refractivity contribution in [2.45, 2.75) is 33.6 Å². The topological polar surface area (TPSA) is 60.3 Å². The Kier molecular flexibility index (Phi) is 5.83. The summed E-state index contributed by atoms with van der Waals surface area (Å²) in [6, 6.07) is 11.4. The smallest absolute Gasteiger partial charge is 0.261 e. The molecule has 2 aromatic carbocycles. The monoisotopic (exact) mass is 378 g/mol. The summed E-state index contributed by atoms with van der Waals surface area (Å²) in [6.45, 7) is 6.51. The molecule has 0 spiro atoms. The van der Waals surface area contributed by atoms with Crippen LogP contribution in [-0.4, -0.2) is 17.1 Å². The van der Waals surface area contributed by atoms with Gasteiger partial charge in [0.25, 0.3) is 5.91 Å². The first-order chi connectivity index (χ1) is 13.5. The summed E-state index contributed by atoms with van der Waals surface area (Å²) in [5, 5.41) is 3.46. The Bertz CT molecular complexity index is 1060. The average Bonchev–Trinajstić information content (AvgIpc) is 2.70. The van der Waals surface area contributed by atoms with Crippen molar-refractivity contribution in [3.8, 4) is 5.75 Å². The first-order valence-corrected chi connectivity index (χ1v) is 9.68. The van der Waals surface area contributed by atoms with Crippen LogP contribution in [0.15, 0.2) is 47.4 Å². The van der Waals surface area contributed by atoms with E-state index in [4.69, 9.17) is 4.74 Å².